The molecule has 0 unspecified atom stereocenters. The third kappa shape index (κ3) is 2.11. The highest BCUT2D eigenvalue weighted by Crippen LogP contribution is 2.65. The minimum absolute atomic E-state index is 0.128. The molecule has 0 spiro atoms. The molecule has 1 saturated heterocycles. The molecule has 1 aliphatic heterocycles. The maximum absolute atomic E-state index is 12.8. The number of nitrogens with zero attached hydrogens (tertiary/aromatic N) is 2. The van der Waals surface area contributed by atoms with E-state index in [-0.39, 0.29) is 35.5 Å². The summed E-state index contributed by atoms with van der Waals surface area (Å²) in [5.41, 5.74) is 0.811. The van der Waals surface area contributed by atoms with E-state index in [2.05, 4.69) is 17.3 Å². The number of allylic oxidation sites excluding steroid dienone is 2. The summed E-state index contributed by atoms with van der Waals surface area (Å²) < 4.78 is 5.47. The molecule has 5 nitrogen and oxygen atoms in total. The lowest BCUT2D eigenvalue weighted by Crippen LogP contribution is -2.40. The molecule has 4 aliphatic carbocycles. The first kappa shape index (κ1) is 14.9. The third-order valence-electron chi connectivity index (χ3n) is 6.13. The minimum atomic E-state index is -0.196. The van der Waals surface area contributed by atoms with Crippen molar-refractivity contribution in [1.82, 2.24) is 5.01 Å². The van der Waals surface area contributed by atoms with Gasteiger partial charge >= 0.3 is 0 Å². The Labute approximate surface area is 146 Å². The molecule has 2 amide bonds. The van der Waals surface area contributed by atoms with E-state index >= 15 is 0 Å². The molecule has 1 heterocycles. The number of amides is 2. The first-order chi connectivity index (χ1) is 12.2. The summed E-state index contributed by atoms with van der Waals surface area (Å²) in [6.45, 7) is 2.52. The van der Waals surface area contributed by atoms with Crippen LogP contribution in [-0.4, -0.2) is 29.6 Å². The Balaban J connectivity index is 1.40. The van der Waals surface area contributed by atoms with Crippen molar-refractivity contribution in [2.45, 2.75) is 13.3 Å². The van der Waals surface area contributed by atoms with E-state index in [4.69, 9.17) is 4.74 Å². The van der Waals surface area contributed by atoms with E-state index in [0.29, 0.717) is 18.4 Å². The number of rotatable bonds is 4. The fourth-order valence-corrected chi connectivity index (χ4v) is 5.03. The van der Waals surface area contributed by atoms with Gasteiger partial charge in [-0.25, -0.2) is 0 Å². The number of carbonyl (C=O) groups excluding carboxylic acids is 2. The first-order valence-corrected chi connectivity index (χ1v) is 9.02. The standard InChI is InChI=1S/C20H20N2O3/c1-2-25-12-5-3-4-11(8-12)10-21-22-19(23)17-13-6-7-14(16-9-15(13)16)18(17)20(22)24/h3-8,10,13-18H,2,9H2,1H3/b21-10-/t13-,14-,15-,16-,17-,18+/m0/s1. The first-order valence-electron chi connectivity index (χ1n) is 9.02. The molecule has 25 heavy (non-hydrogen) atoms. The van der Waals surface area contributed by atoms with Crippen molar-refractivity contribution in [1.29, 1.82) is 0 Å². The van der Waals surface area contributed by atoms with Gasteiger partial charge in [0.15, 0.2) is 0 Å². The lowest BCUT2D eigenvalue weighted by atomic mass is 9.63. The van der Waals surface area contributed by atoms with Crippen LogP contribution in [-0.2, 0) is 9.59 Å². The molecule has 5 aliphatic rings. The predicted octanol–water partition coefficient (Wildman–Crippen LogP) is 2.47. The van der Waals surface area contributed by atoms with Gasteiger partial charge < -0.3 is 4.74 Å². The highest BCUT2D eigenvalue weighted by Gasteiger charge is 2.67. The normalized spacial score (nSPS) is 37.6. The summed E-state index contributed by atoms with van der Waals surface area (Å²) in [7, 11) is 0. The molecule has 1 aromatic carbocycles. The van der Waals surface area contributed by atoms with Crippen LogP contribution >= 0.6 is 0 Å². The van der Waals surface area contributed by atoms with E-state index in [1.807, 2.05) is 31.2 Å². The van der Waals surface area contributed by atoms with E-state index < -0.39 is 0 Å². The minimum Gasteiger partial charge on any atom is -0.494 e. The summed E-state index contributed by atoms with van der Waals surface area (Å²) in [6.07, 6.45) is 7.09. The second-order valence-electron chi connectivity index (χ2n) is 7.39. The Kier molecular flexibility index (Phi) is 3.14. The number of hydrazone groups is 1. The van der Waals surface area contributed by atoms with Crippen molar-refractivity contribution in [3.63, 3.8) is 0 Å². The number of carbonyl (C=O) groups is 2. The maximum Gasteiger partial charge on any atom is 0.254 e. The monoisotopic (exact) mass is 336 g/mol. The van der Waals surface area contributed by atoms with Crippen molar-refractivity contribution in [2.24, 2.45) is 40.6 Å². The van der Waals surface area contributed by atoms with Crippen molar-refractivity contribution in [2.75, 3.05) is 6.61 Å². The third-order valence-corrected chi connectivity index (χ3v) is 6.13. The maximum atomic E-state index is 12.8. The quantitative estimate of drug-likeness (QED) is 0.482. The molecule has 0 aromatic heterocycles. The Morgan fingerprint density at radius 1 is 1.16 bits per heavy atom. The van der Waals surface area contributed by atoms with Crippen LogP contribution in [0.15, 0.2) is 41.5 Å². The van der Waals surface area contributed by atoms with E-state index in [1.54, 1.807) is 6.21 Å². The molecule has 5 heteroatoms. The Morgan fingerprint density at radius 3 is 2.48 bits per heavy atom. The van der Waals surface area contributed by atoms with E-state index in [0.717, 1.165) is 16.3 Å². The molecule has 128 valence electrons. The number of hydrogen-bond acceptors (Lipinski definition) is 4. The average molecular weight is 336 g/mol. The van der Waals surface area contributed by atoms with E-state index in [9.17, 15) is 9.59 Å². The van der Waals surface area contributed by atoms with Crippen molar-refractivity contribution in [3.8, 4) is 5.75 Å². The fourth-order valence-electron chi connectivity index (χ4n) is 5.03. The summed E-state index contributed by atoms with van der Waals surface area (Å²) >= 11 is 0. The van der Waals surface area contributed by atoms with Crippen LogP contribution in [0.25, 0.3) is 0 Å². The molecule has 1 aromatic rings. The lowest BCUT2D eigenvalue weighted by molar-refractivity contribution is -0.140. The van der Waals surface area contributed by atoms with Crippen LogP contribution in [0.3, 0.4) is 0 Å². The number of hydrogen-bond donors (Lipinski definition) is 0. The number of ether oxygens (including phenoxy) is 1. The lowest BCUT2D eigenvalue weighted by Gasteiger charge is -2.37. The van der Waals surface area contributed by atoms with Crippen LogP contribution in [0.2, 0.25) is 0 Å². The number of benzene rings is 1. The molecular formula is C20H20N2O3. The predicted molar refractivity (Wildman–Crippen MR) is 91.8 cm³/mol. The van der Waals surface area contributed by atoms with Gasteiger partial charge in [0.05, 0.1) is 24.7 Å². The van der Waals surface area contributed by atoms with Gasteiger partial charge in [0.2, 0.25) is 0 Å². The SMILES string of the molecule is CCOc1cccc(/C=N\N2C(=O)[C@@H]3[C@H]4C=C[C@@H]([C@@H]5C[C@@H]45)[C@@H]3C2=O)c1. The molecule has 0 radical (unpaired) electrons. The molecule has 2 bridgehead atoms. The van der Waals surface area contributed by atoms with Crippen LogP contribution < -0.4 is 4.74 Å². The molecular weight excluding hydrogens is 316 g/mol. The zero-order valence-electron chi connectivity index (χ0n) is 14.0. The molecule has 3 fully saturated rings. The smallest absolute Gasteiger partial charge is 0.254 e. The van der Waals surface area contributed by atoms with Gasteiger partial charge in [-0.05, 0) is 54.7 Å². The van der Waals surface area contributed by atoms with Gasteiger partial charge in [-0.2, -0.15) is 10.1 Å². The van der Waals surface area contributed by atoms with Crippen LogP contribution in [0.4, 0.5) is 0 Å². The number of imide groups is 1. The summed E-state index contributed by atoms with van der Waals surface area (Å²) in [4.78, 5) is 25.7. The fraction of sp³-hybridized carbons (Fsp3) is 0.450. The highest BCUT2D eigenvalue weighted by atomic mass is 16.5. The zero-order valence-corrected chi connectivity index (χ0v) is 14.0. The Morgan fingerprint density at radius 2 is 1.84 bits per heavy atom. The van der Waals surface area contributed by atoms with Crippen LogP contribution in [0.5, 0.6) is 5.75 Å². The second-order valence-corrected chi connectivity index (χ2v) is 7.39. The largest absolute Gasteiger partial charge is 0.494 e. The summed E-state index contributed by atoms with van der Waals surface area (Å²) in [5.74, 6) is 1.79. The van der Waals surface area contributed by atoms with Crippen molar-refractivity contribution >= 4 is 18.0 Å². The van der Waals surface area contributed by atoms with Crippen LogP contribution in [0, 0.1) is 35.5 Å². The van der Waals surface area contributed by atoms with Crippen LogP contribution in [0.1, 0.15) is 18.9 Å². The topological polar surface area (TPSA) is 59.0 Å². The Hall–Kier alpha value is -2.43. The van der Waals surface area contributed by atoms with Gasteiger partial charge in [0.1, 0.15) is 5.75 Å². The molecule has 2 saturated carbocycles. The zero-order chi connectivity index (χ0) is 17.1. The average Bonchev–Trinajstić information content (AvgIpc) is 3.40. The summed E-state index contributed by atoms with van der Waals surface area (Å²) in [5, 5.41) is 5.35. The molecule has 6 rings (SSSR count). The van der Waals surface area contributed by atoms with Gasteiger partial charge in [-0.1, -0.05) is 24.3 Å². The summed E-state index contributed by atoms with van der Waals surface area (Å²) in [6, 6.07) is 7.48. The van der Waals surface area contributed by atoms with Crippen molar-refractivity contribution in [3.05, 3.63) is 42.0 Å². The van der Waals surface area contributed by atoms with Crippen molar-refractivity contribution < 1.29 is 14.3 Å². The van der Waals surface area contributed by atoms with E-state index in [1.165, 1.54) is 6.42 Å². The molecule has 6 atom stereocenters. The van der Waals surface area contributed by atoms with Gasteiger partial charge in [-0.3, -0.25) is 9.59 Å². The van der Waals surface area contributed by atoms with Gasteiger partial charge in [0, 0.05) is 0 Å². The second kappa shape index (κ2) is 5.28. The van der Waals surface area contributed by atoms with Gasteiger partial charge in [0.25, 0.3) is 11.8 Å². The highest BCUT2D eigenvalue weighted by molar-refractivity contribution is 6.06. The molecule has 0 N–H and O–H groups in total. The van der Waals surface area contributed by atoms with Gasteiger partial charge in [-0.15, -0.1) is 0 Å². The Bertz CT molecular complexity index is 779.